The Hall–Kier alpha value is -1.85. The molecule has 0 aromatic heterocycles. The van der Waals surface area contributed by atoms with Crippen LogP contribution in [0.2, 0.25) is 0 Å². The molecular formula is C16H24N2O4. The van der Waals surface area contributed by atoms with Crippen molar-refractivity contribution in [1.82, 2.24) is 10.6 Å². The predicted octanol–water partition coefficient (Wildman–Crippen LogP) is 1.90. The summed E-state index contributed by atoms with van der Waals surface area (Å²) in [6, 6.07) is -0.544. The van der Waals surface area contributed by atoms with E-state index < -0.39 is 18.5 Å². The van der Waals surface area contributed by atoms with E-state index in [4.69, 9.17) is 4.74 Å². The van der Waals surface area contributed by atoms with Crippen LogP contribution in [0.15, 0.2) is 11.6 Å². The van der Waals surface area contributed by atoms with Gasteiger partial charge in [-0.1, -0.05) is 18.6 Å². The summed E-state index contributed by atoms with van der Waals surface area (Å²) in [6.45, 7) is 2.06. The van der Waals surface area contributed by atoms with E-state index in [1.165, 1.54) is 18.4 Å². The second-order valence-corrected chi connectivity index (χ2v) is 6.09. The molecule has 122 valence electrons. The molecule has 1 fully saturated rings. The van der Waals surface area contributed by atoms with Crippen molar-refractivity contribution in [3.63, 3.8) is 0 Å². The number of esters is 1. The van der Waals surface area contributed by atoms with Crippen molar-refractivity contribution >= 4 is 17.9 Å². The van der Waals surface area contributed by atoms with Gasteiger partial charge in [0.2, 0.25) is 0 Å². The minimum atomic E-state index is -0.601. The highest BCUT2D eigenvalue weighted by atomic mass is 16.5. The molecule has 0 aromatic rings. The first-order chi connectivity index (χ1) is 10.6. The SMILES string of the molecule is C[C@H]1C[C@@H]1C(=O)OCC(=O)NC(=O)NCCC1=CCCCC1. The fourth-order valence-corrected chi connectivity index (χ4v) is 2.57. The van der Waals surface area contributed by atoms with Crippen LogP contribution in [0.1, 0.15) is 45.4 Å². The van der Waals surface area contributed by atoms with E-state index in [0.717, 1.165) is 25.7 Å². The van der Waals surface area contributed by atoms with Crippen LogP contribution in [0.3, 0.4) is 0 Å². The van der Waals surface area contributed by atoms with Crippen molar-refractivity contribution in [2.24, 2.45) is 11.8 Å². The number of nitrogens with one attached hydrogen (secondary N) is 2. The summed E-state index contributed by atoms with van der Waals surface area (Å²) >= 11 is 0. The maximum Gasteiger partial charge on any atom is 0.321 e. The molecule has 2 atom stereocenters. The van der Waals surface area contributed by atoms with Gasteiger partial charge in [0, 0.05) is 6.54 Å². The Bertz CT molecular complexity index is 473. The Kier molecular flexibility index (Phi) is 5.98. The van der Waals surface area contributed by atoms with Crippen LogP contribution in [0.5, 0.6) is 0 Å². The Morgan fingerprint density at radius 2 is 2.09 bits per heavy atom. The summed E-state index contributed by atoms with van der Waals surface area (Å²) in [7, 11) is 0. The zero-order valence-electron chi connectivity index (χ0n) is 13.0. The van der Waals surface area contributed by atoms with Crippen LogP contribution in [0.25, 0.3) is 0 Å². The van der Waals surface area contributed by atoms with E-state index in [0.29, 0.717) is 12.5 Å². The maximum absolute atomic E-state index is 11.5. The summed E-state index contributed by atoms with van der Waals surface area (Å²) in [5.74, 6) is -0.693. The molecule has 0 bridgehead atoms. The summed E-state index contributed by atoms with van der Waals surface area (Å²) < 4.78 is 4.86. The summed E-state index contributed by atoms with van der Waals surface area (Å²) in [5.41, 5.74) is 1.37. The zero-order valence-corrected chi connectivity index (χ0v) is 13.0. The lowest BCUT2D eigenvalue weighted by atomic mass is 9.97. The van der Waals surface area contributed by atoms with Crippen LogP contribution >= 0.6 is 0 Å². The lowest BCUT2D eigenvalue weighted by molar-refractivity contribution is -0.149. The third-order valence-corrected chi connectivity index (χ3v) is 4.13. The van der Waals surface area contributed by atoms with Gasteiger partial charge in [-0.05, 0) is 44.4 Å². The van der Waals surface area contributed by atoms with Crippen molar-refractivity contribution in [2.75, 3.05) is 13.2 Å². The molecule has 0 radical (unpaired) electrons. The topological polar surface area (TPSA) is 84.5 Å². The molecule has 6 nitrogen and oxygen atoms in total. The first kappa shape index (κ1) is 16.5. The molecule has 2 aliphatic carbocycles. The Morgan fingerprint density at radius 3 is 2.73 bits per heavy atom. The molecule has 0 saturated heterocycles. The van der Waals surface area contributed by atoms with Crippen LogP contribution in [-0.2, 0) is 14.3 Å². The smallest absolute Gasteiger partial charge is 0.321 e. The second kappa shape index (κ2) is 7.96. The van der Waals surface area contributed by atoms with E-state index in [-0.39, 0.29) is 11.9 Å². The number of hydrogen-bond donors (Lipinski definition) is 2. The number of allylic oxidation sites excluding steroid dienone is 1. The van der Waals surface area contributed by atoms with Gasteiger partial charge in [0.1, 0.15) is 0 Å². The quantitative estimate of drug-likeness (QED) is 0.580. The number of urea groups is 1. The molecule has 0 heterocycles. The number of imide groups is 1. The molecular weight excluding hydrogens is 284 g/mol. The average molecular weight is 308 g/mol. The molecule has 6 heteroatoms. The second-order valence-electron chi connectivity index (χ2n) is 6.09. The van der Waals surface area contributed by atoms with Gasteiger partial charge in [-0.2, -0.15) is 0 Å². The lowest BCUT2D eigenvalue weighted by Gasteiger charge is -2.13. The molecule has 0 aromatic carbocycles. The average Bonchev–Trinajstić information content (AvgIpc) is 3.23. The van der Waals surface area contributed by atoms with Gasteiger partial charge in [-0.3, -0.25) is 14.9 Å². The molecule has 2 N–H and O–H groups in total. The van der Waals surface area contributed by atoms with Crippen molar-refractivity contribution < 1.29 is 19.1 Å². The highest BCUT2D eigenvalue weighted by Crippen LogP contribution is 2.38. The highest BCUT2D eigenvalue weighted by molar-refractivity contribution is 5.95. The van der Waals surface area contributed by atoms with Gasteiger partial charge in [-0.15, -0.1) is 0 Å². The van der Waals surface area contributed by atoms with Crippen LogP contribution in [0.4, 0.5) is 4.79 Å². The summed E-state index contributed by atoms with van der Waals surface area (Å²) in [6.07, 6.45) is 8.52. The van der Waals surface area contributed by atoms with E-state index in [1.54, 1.807) is 0 Å². The molecule has 0 spiro atoms. The Morgan fingerprint density at radius 1 is 1.32 bits per heavy atom. The first-order valence-corrected chi connectivity index (χ1v) is 7.98. The number of hydrogen-bond acceptors (Lipinski definition) is 4. The Labute approximate surface area is 130 Å². The fourth-order valence-electron chi connectivity index (χ4n) is 2.57. The minimum absolute atomic E-state index is 0.0783. The largest absolute Gasteiger partial charge is 0.455 e. The van der Waals surface area contributed by atoms with E-state index in [1.807, 2.05) is 6.92 Å². The number of carbonyl (C=O) groups is 3. The zero-order chi connectivity index (χ0) is 15.9. The molecule has 22 heavy (non-hydrogen) atoms. The van der Waals surface area contributed by atoms with E-state index in [2.05, 4.69) is 16.7 Å². The molecule has 1 saturated carbocycles. The van der Waals surface area contributed by atoms with Gasteiger partial charge in [0.15, 0.2) is 6.61 Å². The van der Waals surface area contributed by atoms with Crippen molar-refractivity contribution in [3.8, 4) is 0 Å². The minimum Gasteiger partial charge on any atom is -0.455 e. The summed E-state index contributed by atoms with van der Waals surface area (Å²) in [5, 5.41) is 4.80. The monoisotopic (exact) mass is 308 g/mol. The molecule has 0 aliphatic heterocycles. The normalized spacial score (nSPS) is 23.2. The standard InChI is InChI=1S/C16H24N2O4/c1-11-9-13(11)15(20)22-10-14(19)18-16(21)17-8-7-12-5-3-2-4-6-12/h5,11,13H,2-4,6-10H2,1H3,(H2,17,18,19,21)/t11-,13-/m0/s1. The molecule has 2 aliphatic rings. The lowest BCUT2D eigenvalue weighted by Crippen LogP contribution is -2.41. The van der Waals surface area contributed by atoms with Crippen molar-refractivity contribution in [2.45, 2.75) is 45.4 Å². The van der Waals surface area contributed by atoms with Crippen LogP contribution in [-0.4, -0.2) is 31.1 Å². The van der Waals surface area contributed by atoms with Crippen molar-refractivity contribution in [3.05, 3.63) is 11.6 Å². The number of ether oxygens (including phenoxy) is 1. The van der Waals surface area contributed by atoms with Crippen LogP contribution < -0.4 is 10.6 Å². The van der Waals surface area contributed by atoms with Gasteiger partial charge in [0.05, 0.1) is 5.92 Å². The van der Waals surface area contributed by atoms with Crippen LogP contribution in [0, 0.1) is 11.8 Å². The Balaban J connectivity index is 1.55. The van der Waals surface area contributed by atoms with E-state index >= 15 is 0 Å². The van der Waals surface area contributed by atoms with Gasteiger partial charge >= 0.3 is 12.0 Å². The number of amides is 3. The number of rotatable bonds is 6. The van der Waals surface area contributed by atoms with Gasteiger partial charge in [-0.25, -0.2) is 4.79 Å². The van der Waals surface area contributed by atoms with Gasteiger partial charge in [0.25, 0.3) is 5.91 Å². The number of carbonyl (C=O) groups excluding carboxylic acids is 3. The predicted molar refractivity (Wildman–Crippen MR) is 80.9 cm³/mol. The molecule has 0 unspecified atom stereocenters. The summed E-state index contributed by atoms with van der Waals surface area (Å²) in [4.78, 5) is 34.5. The molecule has 3 amide bonds. The van der Waals surface area contributed by atoms with E-state index in [9.17, 15) is 14.4 Å². The third-order valence-electron chi connectivity index (χ3n) is 4.13. The maximum atomic E-state index is 11.5. The van der Waals surface area contributed by atoms with Crippen molar-refractivity contribution in [1.29, 1.82) is 0 Å². The fraction of sp³-hybridized carbons (Fsp3) is 0.688. The first-order valence-electron chi connectivity index (χ1n) is 7.98. The molecule has 2 rings (SSSR count). The van der Waals surface area contributed by atoms with Gasteiger partial charge < -0.3 is 10.1 Å². The highest BCUT2D eigenvalue weighted by Gasteiger charge is 2.40. The third kappa shape index (κ3) is 5.50.